The van der Waals surface area contributed by atoms with E-state index >= 15 is 0 Å². The van der Waals surface area contributed by atoms with E-state index in [1.807, 2.05) is 6.92 Å². The van der Waals surface area contributed by atoms with Crippen LogP contribution in [0.2, 0.25) is 0 Å². The van der Waals surface area contributed by atoms with Crippen LogP contribution in [0.25, 0.3) is 0 Å². The number of rotatable bonds is 6. The summed E-state index contributed by atoms with van der Waals surface area (Å²) in [6.07, 6.45) is 1.61. The number of nitrogens with zero attached hydrogens (tertiary/aromatic N) is 2. The molecule has 0 unspecified atom stereocenters. The van der Waals surface area contributed by atoms with E-state index in [0.29, 0.717) is 9.92 Å². The molecule has 3 rings (SSSR count). The molecule has 0 fully saturated rings. The molecule has 0 amide bonds. The largest absolute Gasteiger partial charge is 0.279 e. The minimum atomic E-state index is -3.86. The number of benzene rings is 2. The highest BCUT2D eigenvalue weighted by Crippen LogP contribution is 2.32. The smallest absolute Gasteiger partial charge is 0.272 e. The molecular weight excluding hydrogens is 386 g/mol. The highest BCUT2D eigenvalue weighted by Gasteiger charge is 2.17. The van der Waals surface area contributed by atoms with Crippen LogP contribution < -0.4 is 4.72 Å². The number of pyridine rings is 1. The van der Waals surface area contributed by atoms with Gasteiger partial charge in [-0.15, -0.1) is 0 Å². The van der Waals surface area contributed by atoms with Crippen molar-refractivity contribution in [1.82, 2.24) is 4.98 Å². The van der Waals surface area contributed by atoms with Gasteiger partial charge in [0.15, 0.2) is 0 Å². The van der Waals surface area contributed by atoms with Gasteiger partial charge in [0.1, 0.15) is 5.03 Å². The van der Waals surface area contributed by atoms with Gasteiger partial charge in [-0.05, 0) is 37.3 Å². The van der Waals surface area contributed by atoms with Gasteiger partial charge in [0.2, 0.25) is 0 Å². The SMILES string of the molecule is Cc1ccc(S(=O)(=O)Nc2cc(Sc3ccccn3)cc([N+](=O)[O-])c2)cc1. The van der Waals surface area contributed by atoms with Crippen molar-refractivity contribution in [3.63, 3.8) is 0 Å². The molecule has 138 valence electrons. The fourth-order valence-electron chi connectivity index (χ4n) is 2.27. The van der Waals surface area contributed by atoms with Crippen molar-refractivity contribution in [2.75, 3.05) is 4.72 Å². The fourth-order valence-corrected chi connectivity index (χ4v) is 4.17. The second-order valence-corrected chi connectivity index (χ2v) is 8.44. The number of nitro benzene ring substituents is 1. The van der Waals surface area contributed by atoms with E-state index in [2.05, 4.69) is 9.71 Å². The Hall–Kier alpha value is -2.91. The predicted molar refractivity (Wildman–Crippen MR) is 103 cm³/mol. The fraction of sp³-hybridized carbons (Fsp3) is 0.0556. The van der Waals surface area contributed by atoms with Gasteiger partial charge < -0.3 is 0 Å². The number of nitrogens with one attached hydrogen (secondary N) is 1. The standard InChI is InChI=1S/C18H15N3O4S2/c1-13-5-7-17(8-6-13)27(24,25)20-14-10-15(21(22)23)12-16(11-14)26-18-4-2-3-9-19-18/h2-12,20H,1H3. The van der Waals surface area contributed by atoms with E-state index in [-0.39, 0.29) is 16.3 Å². The summed E-state index contributed by atoms with van der Waals surface area (Å²) in [5.74, 6) is 0. The maximum Gasteiger partial charge on any atom is 0.272 e. The van der Waals surface area contributed by atoms with Gasteiger partial charge in [0.05, 0.1) is 15.5 Å². The van der Waals surface area contributed by atoms with Gasteiger partial charge in [-0.1, -0.05) is 35.5 Å². The maximum absolute atomic E-state index is 12.6. The molecule has 0 bridgehead atoms. The van der Waals surface area contributed by atoms with Crippen LogP contribution in [0.3, 0.4) is 0 Å². The Kier molecular flexibility index (Phi) is 5.43. The first-order valence-corrected chi connectivity index (χ1v) is 10.1. The maximum atomic E-state index is 12.6. The van der Waals surface area contributed by atoms with Gasteiger partial charge in [0.25, 0.3) is 15.7 Å². The summed E-state index contributed by atoms with van der Waals surface area (Å²) >= 11 is 1.21. The predicted octanol–water partition coefficient (Wildman–Crippen LogP) is 4.25. The van der Waals surface area contributed by atoms with E-state index in [1.54, 1.807) is 36.5 Å². The first kappa shape index (κ1) is 18.9. The first-order valence-electron chi connectivity index (χ1n) is 7.81. The van der Waals surface area contributed by atoms with Crippen LogP contribution >= 0.6 is 11.8 Å². The molecule has 0 aliphatic heterocycles. The molecular formula is C18H15N3O4S2. The van der Waals surface area contributed by atoms with Gasteiger partial charge in [-0.25, -0.2) is 13.4 Å². The number of sulfonamides is 1. The third-order valence-corrected chi connectivity index (χ3v) is 5.87. The first-order chi connectivity index (χ1) is 12.8. The number of hydrogen-bond acceptors (Lipinski definition) is 6. The molecule has 7 nitrogen and oxygen atoms in total. The number of nitro groups is 1. The molecule has 0 saturated heterocycles. The van der Waals surface area contributed by atoms with Gasteiger partial charge in [0, 0.05) is 23.2 Å². The average molecular weight is 401 g/mol. The second kappa shape index (κ2) is 7.77. The molecule has 0 aliphatic rings. The lowest BCUT2D eigenvalue weighted by molar-refractivity contribution is -0.385. The van der Waals surface area contributed by atoms with E-state index in [0.717, 1.165) is 5.56 Å². The summed E-state index contributed by atoms with van der Waals surface area (Å²) in [5, 5.41) is 11.9. The molecule has 2 aromatic carbocycles. The third kappa shape index (κ3) is 4.83. The van der Waals surface area contributed by atoms with E-state index in [1.165, 1.54) is 42.1 Å². The average Bonchev–Trinajstić information content (AvgIpc) is 2.62. The third-order valence-electron chi connectivity index (χ3n) is 3.55. The van der Waals surface area contributed by atoms with Crippen molar-refractivity contribution in [3.05, 3.63) is 82.5 Å². The molecule has 0 saturated carbocycles. The zero-order chi connectivity index (χ0) is 19.4. The Labute approximate surface area is 160 Å². The Morgan fingerprint density at radius 1 is 1.07 bits per heavy atom. The molecule has 9 heteroatoms. The molecule has 27 heavy (non-hydrogen) atoms. The van der Waals surface area contributed by atoms with E-state index in [9.17, 15) is 18.5 Å². The van der Waals surface area contributed by atoms with Crippen LogP contribution in [-0.2, 0) is 10.0 Å². The van der Waals surface area contributed by atoms with Crippen molar-refractivity contribution in [2.24, 2.45) is 0 Å². The summed E-state index contributed by atoms with van der Waals surface area (Å²) in [6, 6.07) is 15.8. The summed E-state index contributed by atoms with van der Waals surface area (Å²) in [7, 11) is -3.86. The van der Waals surface area contributed by atoms with Crippen LogP contribution in [0.4, 0.5) is 11.4 Å². The van der Waals surface area contributed by atoms with Gasteiger partial charge in [-0.3, -0.25) is 14.8 Å². The molecule has 0 aliphatic carbocycles. The summed E-state index contributed by atoms with van der Waals surface area (Å²) in [4.78, 5) is 15.4. The van der Waals surface area contributed by atoms with Crippen LogP contribution in [0.5, 0.6) is 0 Å². The van der Waals surface area contributed by atoms with Crippen LogP contribution in [0, 0.1) is 17.0 Å². The van der Waals surface area contributed by atoms with Crippen molar-refractivity contribution in [3.8, 4) is 0 Å². The van der Waals surface area contributed by atoms with E-state index in [4.69, 9.17) is 0 Å². The summed E-state index contributed by atoms with van der Waals surface area (Å²) < 4.78 is 27.5. The molecule has 0 radical (unpaired) electrons. The Morgan fingerprint density at radius 2 is 1.81 bits per heavy atom. The normalized spacial score (nSPS) is 11.1. The number of aromatic nitrogens is 1. The van der Waals surface area contributed by atoms with Crippen LogP contribution in [0.15, 0.2) is 81.7 Å². The number of aryl methyl sites for hydroxylation is 1. The molecule has 1 N–H and O–H groups in total. The highest BCUT2D eigenvalue weighted by molar-refractivity contribution is 7.99. The van der Waals surface area contributed by atoms with Crippen LogP contribution in [0.1, 0.15) is 5.56 Å². The molecule has 1 heterocycles. The molecule has 1 aromatic heterocycles. The Bertz CT molecular complexity index is 1070. The van der Waals surface area contributed by atoms with Crippen molar-refractivity contribution < 1.29 is 13.3 Å². The monoisotopic (exact) mass is 401 g/mol. The number of non-ortho nitro benzene ring substituents is 1. The van der Waals surface area contributed by atoms with Crippen LogP contribution in [-0.4, -0.2) is 18.3 Å². The van der Waals surface area contributed by atoms with Gasteiger partial charge in [-0.2, -0.15) is 0 Å². The zero-order valence-electron chi connectivity index (χ0n) is 14.2. The van der Waals surface area contributed by atoms with Gasteiger partial charge >= 0.3 is 0 Å². The summed E-state index contributed by atoms with van der Waals surface area (Å²) in [6.45, 7) is 1.85. The Morgan fingerprint density at radius 3 is 2.44 bits per heavy atom. The molecule has 0 spiro atoms. The second-order valence-electron chi connectivity index (χ2n) is 5.66. The lowest BCUT2D eigenvalue weighted by Crippen LogP contribution is -2.13. The van der Waals surface area contributed by atoms with Crippen molar-refractivity contribution >= 4 is 33.2 Å². The number of anilines is 1. The Balaban J connectivity index is 1.94. The quantitative estimate of drug-likeness (QED) is 0.489. The minimum absolute atomic E-state index is 0.0820. The van der Waals surface area contributed by atoms with Crippen molar-refractivity contribution in [1.29, 1.82) is 0 Å². The molecule has 3 aromatic rings. The van der Waals surface area contributed by atoms with E-state index < -0.39 is 14.9 Å². The number of hydrogen-bond donors (Lipinski definition) is 1. The lowest BCUT2D eigenvalue weighted by atomic mass is 10.2. The molecule has 0 atom stereocenters. The topological polar surface area (TPSA) is 102 Å². The highest BCUT2D eigenvalue weighted by atomic mass is 32.2. The van der Waals surface area contributed by atoms with Crippen molar-refractivity contribution in [2.45, 2.75) is 21.7 Å². The zero-order valence-corrected chi connectivity index (χ0v) is 15.8. The lowest BCUT2D eigenvalue weighted by Gasteiger charge is -2.10. The summed E-state index contributed by atoms with van der Waals surface area (Å²) in [5.41, 5.74) is 0.832. The minimum Gasteiger partial charge on any atom is -0.279 e.